The van der Waals surface area contributed by atoms with Crippen LogP contribution in [0.15, 0.2) is 12.3 Å². The van der Waals surface area contributed by atoms with Crippen LogP contribution in [0.5, 0.6) is 0 Å². The van der Waals surface area contributed by atoms with Gasteiger partial charge < -0.3 is 5.73 Å². The van der Waals surface area contributed by atoms with Crippen molar-refractivity contribution in [3.63, 3.8) is 0 Å². The second-order valence-electron chi connectivity index (χ2n) is 2.13. The standard InChI is InChI=1S/C6H5IN4/c7-3-1-2-9-5-4(3)10-11-6(5)8/h1-2H,(H3,8,10,11). The van der Waals surface area contributed by atoms with Gasteiger partial charge in [-0.25, -0.2) is 0 Å². The first-order valence-corrected chi connectivity index (χ1v) is 4.11. The van der Waals surface area contributed by atoms with Crippen LogP contribution in [-0.4, -0.2) is 15.2 Å². The van der Waals surface area contributed by atoms with E-state index in [4.69, 9.17) is 5.73 Å². The third kappa shape index (κ3) is 0.953. The van der Waals surface area contributed by atoms with Crippen molar-refractivity contribution in [2.45, 2.75) is 0 Å². The van der Waals surface area contributed by atoms with Crippen molar-refractivity contribution in [1.29, 1.82) is 0 Å². The number of nitrogen functional groups attached to an aromatic ring is 1. The van der Waals surface area contributed by atoms with Gasteiger partial charge in [-0.1, -0.05) is 0 Å². The molecule has 4 nitrogen and oxygen atoms in total. The maximum absolute atomic E-state index is 5.54. The van der Waals surface area contributed by atoms with Crippen molar-refractivity contribution in [2.24, 2.45) is 0 Å². The Kier molecular flexibility index (Phi) is 1.45. The molecule has 0 aliphatic rings. The molecule has 2 rings (SSSR count). The number of pyridine rings is 1. The largest absolute Gasteiger partial charge is 0.380 e. The second kappa shape index (κ2) is 2.33. The summed E-state index contributed by atoms with van der Waals surface area (Å²) in [4.78, 5) is 4.08. The number of halogens is 1. The predicted octanol–water partition coefficient (Wildman–Crippen LogP) is 1.14. The van der Waals surface area contributed by atoms with Gasteiger partial charge in [0.05, 0.1) is 5.52 Å². The molecule has 56 valence electrons. The van der Waals surface area contributed by atoms with Crippen molar-refractivity contribution in [3.8, 4) is 0 Å². The monoisotopic (exact) mass is 260 g/mol. The van der Waals surface area contributed by atoms with Gasteiger partial charge in [0.1, 0.15) is 5.52 Å². The fourth-order valence-corrected chi connectivity index (χ4v) is 1.44. The van der Waals surface area contributed by atoms with E-state index in [1.165, 1.54) is 0 Å². The van der Waals surface area contributed by atoms with E-state index in [9.17, 15) is 0 Å². The predicted molar refractivity (Wildman–Crippen MR) is 51.0 cm³/mol. The highest BCUT2D eigenvalue weighted by atomic mass is 127. The van der Waals surface area contributed by atoms with Crippen molar-refractivity contribution in [2.75, 3.05) is 5.73 Å². The summed E-state index contributed by atoms with van der Waals surface area (Å²) in [7, 11) is 0. The van der Waals surface area contributed by atoms with Gasteiger partial charge in [0.15, 0.2) is 5.82 Å². The molecule has 0 saturated carbocycles. The highest BCUT2D eigenvalue weighted by Crippen LogP contribution is 2.19. The van der Waals surface area contributed by atoms with E-state index in [0.29, 0.717) is 5.82 Å². The molecule has 0 fully saturated rings. The van der Waals surface area contributed by atoms with Crippen molar-refractivity contribution in [1.82, 2.24) is 15.2 Å². The molecule has 0 aliphatic carbocycles. The number of nitrogens with two attached hydrogens (primary N) is 1. The highest BCUT2D eigenvalue weighted by molar-refractivity contribution is 14.1. The van der Waals surface area contributed by atoms with Crippen molar-refractivity contribution in [3.05, 3.63) is 15.8 Å². The number of nitrogens with zero attached hydrogens (tertiary/aromatic N) is 2. The normalized spacial score (nSPS) is 10.6. The Morgan fingerprint density at radius 2 is 2.36 bits per heavy atom. The molecule has 0 unspecified atom stereocenters. The summed E-state index contributed by atoms with van der Waals surface area (Å²) in [6, 6.07) is 1.90. The quantitative estimate of drug-likeness (QED) is 0.698. The number of anilines is 1. The Morgan fingerprint density at radius 1 is 1.55 bits per heavy atom. The second-order valence-corrected chi connectivity index (χ2v) is 3.29. The molecule has 0 atom stereocenters. The smallest absolute Gasteiger partial charge is 0.171 e. The lowest BCUT2D eigenvalue weighted by Gasteiger charge is -1.89. The van der Waals surface area contributed by atoms with E-state index in [-0.39, 0.29) is 0 Å². The fourth-order valence-electron chi connectivity index (χ4n) is 0.908. The topological polar surface area (TPSA) is 67.6 Å². The summed E-state index contributed by atoms with van der Waals surface area (Å²) in [6.07, 6.45) is 1.72. The van der Waals surface area contributed by atoms with Gasteiger partial charge in [0.25, 0.3) is 0 Å². The molecule has 3 N–H and O–H groups in total. The van der Waals surface area contributed by atoms with Crippen LogP contribution in [0.3, 0.4) is 0 Å². The first kappa shape index (κ1) is 6.84. The number of aromatic amines is 1. The minimum Gasteiger partial charge on any atom is -0.380 e. The van der Waals surface area contributed by atoms with Gasteiger partial charge >= 0.3 is 0 Å². The van der Waals surface area contributed by atoms with Gasteiger partial charge in [0, 0.05) is 9.77 Å². The van der Waals surface area contributed by atoms with Crippen LogP contribution in [0.4, 0.5) is 5.82 Å². The van der Waals surface area contributed by atoms with E-state index in [1.54, 1.807) is 6.20 Å². The Bertz CT molecular complexity index is 394. The first-order valence-electron chi connectivity index (χ1n) is 3.03. The summed E-state index contributed by atoms with van der Waals surface area (Å²) < 4.78 is 1.08. The summed E-state index contributed by atoms with van der Waals surface area (Å²) in [5.41, 5.74) is 7.19. The lowest BCUT2D eigenvalue weighted by atomic mass is 10.4. The van der Waals surface area contributed by atoms with Crippen LogP contribution in [-0.2, 0) is 0 Å². The number of rotatable bonds is 0. The third-order valence-electron chi connectivity index (χ3n) is 1.43. The average Bonchev–Trinajstić information content (AvgIpc) is 2.35. The lowest BCUT2D eigenvalue weighted by molar-refractivity contribution is 1.12. The minimum absolute atomic E-state index is 0.457. The Labute approximate surface area is 76.3 Å². The van der Waals surface area contributed by atoms with Crippen LogP contribution in [0.25, 0.3) is 11.0 Å². The molecule has 0 aliphatic heterocycles. The highest BCUT2D eigenvalue weighted by Gasteiger charge is 2.04. The van der Waals surface area contributed by atoms with Crippen LogP contribution in [0.1, 0.15) is 0 Å². The summed E-state index contributed by atoms with van der Waals surface area (Å²) in [5.74, 6) is 0.457. The molecular formula is C6H5IN4. The number of fused-ring (bicyclic) bond motifs is 1. The van der Waals surface area contributed by atoms with Crippen LogP contribution < -0.4 is 5.73 Å². The molecule has 2 aromatic rings. The summed E-state index contributed by atoms with van der Waals surface area (Å²) >= 11 is 2.20. The Morgan fingerprint density at radius 3 is 3.09 bits per heavy atom. The maximum atomic E-state index is 5.54. The van der Waals surface area contributed by atoms with Gasteiger partial charge in [-0.15, -0.1) is 0 Å². The minimum atomic E-state index is 0.457. The Hall–Kier alpha value is -0.850. The molecule has 0 aromatic carbocycles. The maximum Gasteiger partial charge on any atom is 0.171 e. The molecule has 2 aromatic heterocycles. The van der Waals surface area contributed by atoms with E-state index in [2.05, 4.69) is 37.8 Å². The molecule has 0 radical (unpaired) electrons. The molecule has 0 saturated heterocycles. The van der Waals surface area contributed by atoms with E-state index in [0.717, 1.165) is 14.6 Å². The molecule has 0 amide bonds. The zero-order valence-corrected chi connectivity index (χ0v) is 7.66. The van der Waals surface area contributed by atoms with Crippen LogP contribution in [0.2, 0.25) is 0 Å². The zero-order chi connectivity index (χ0) is 7.84. The molecule has 0 bridgehead atoms. The van der Waals surface area contributed by atoms with Crippen molar-refractivity contribution < 1.29 is 0 Å². The van der Waals surface area contributed by atoms with E-state index < -0.39 is 0 Å². The summed E-state index contributed by atoms with van der Waals surface area (Å²) in [6.45, 7) is 0. The van der Waals surface area contributed by atoms with Crippen LogP contribution >= 0.6 is 22.6 Å². The average molecular weight is 260 g/mol. The lowest BCUT2D eigenvalue weighted by Crippen LogP contribution is -1.85. The first-order chi connectivity index (χ1) is 5.29. The molecule has 5 heteroatoms. The van der Waals surface area contributed by atoms with Gasteiger partial charge in [-0.2, -0.15) is 5.10 Å². The number of nitrogens with one attached hydrogen (secondary N) is 1. The SMILES string of the molecule is Nc1n[nH]c2c(I)ccnc12. The molecule has 11 heavy (non-hydrogen) atoms. The zero-order valence-electron chi connectivity index (χ0n) is 5.50. The number of aromatic nitrogens is 3. The van der Waals surface area contributed by atoms with Gasteiger partial charge in [0.2, 0.25) is 0 Å². The fraction of sp³-hybridized carbons (Fsp3) is 0. The van der Waals surface area contributed by atoms with Gasteiger partial charge in [-0.3, -0.25) is 10.1 Å². The number of hydrogen-bond acceptors (Lipinski definition) is 3. The van der Waals surface area contributed by atoms with E-state index >= 15 is 0 Å². The molecule has 0 spiro atoms. The third-order valence-corrected chi connectivity index (χ3v) is 2.33. The van der Waals surface area contributed by atoms with Crippen LogP contribution in [0, 0.1) is 3.57 Å². The molecular weight excluding hydrogens is 255 g/mol. The summed E-state index contributed by atoms with van der Waals surface area (Å²) in [5, 5.41) is 6.65. The number of hydrogen-bond donors (Lipinski definition) is 2. The molecule has 2 heterocycles. The van der Waals surface area contributed by atoms with E-state index in [1.807, 2.05) is 6.07 Å². The van der Waals surface area contributed by atoms with Gasteiger partial charge in [-0.05, 0) is 28.7 Å². The Balaban J connectivity index is 2.94. The van der Waals surface area contributed by atoms with Crippen molar-refractivity contribution >= 4 is 39.4 Å². The number of H-pyrrole nitrogens is 1.